The maximum atomic E-state index is 11.5. The van der Waals surface area contributed by atoms with Crippen LogP contribution in [0, 0.1) is 11.3 Å². The van der Waals surface area contributed by atoms with E-state index in [1.807, 2.05) is 0 Å². The van der Waals surface area contributed by atoms with Crippen LogP contribution in [0.25, 0.3) is 0 Å². The molecule has 0 heterocycles. The Kier molecular flexibility index (Phi) is 10.3. The Morgan fingerprint density at radius 1 is 1.04 bits per heavy atom. The molecule has 1 aliphatic rings. The summed E-state index contributed by atoms with van der Waals surface area (Å²) < 4.78 is 5.51. The Morgan fingerprint density at radius 2 is 1.65 bits per heavy atom. The van der Waals surface area contributed by atoms with Gasteiger partial charge in [0, 0.05) is 11.5 Å². The molecule has 0 amide bonds. The molecule has 1 aliphatic carbocycles. The quantitative estimate of drug-likeness (QED) is 0.277. The number of esters is 1. The lowest BCUT2D eigenvalue weighted by atomic mass is 9.75. The minimum absolute atomic E-state index is 0.223. The third-order valence-corrected chi connectivity index (χ3v) is 5.34. The van der Waals surface area contributed by atoms with Crippen molar-refractivity contribution in [3.63, 3.8) is 0 Å². The molecule has 0 bridgehead atoms. The molecule has 1 fully saturated rings. The zero-order valence-electron chi connectivity index (χ0n) is 15.6. The van der Waals surface area contributed by atoms with Crippen molar-refractivity contribution in [3.05, 3.63) is 12.7 Å². The highest BCUT2D eigenvalue weighted by Crippen LogP contribution is 2.39. The molecule has 0 spiro atoms. The van der Waals surface area contributed by atoms with Gasteiger partial charge in [-0.25, -0.2) is 4.79 Å². The number of hydrogen-bond donors (Lipinski definition) is 0. The summed E-state index contributed by atoms with van der Waals surface area (Å²) in [5.41, 5.74) is 0.223. The highest BCUT2D eigenvalue weighted by molar-refractivity contribution is 5.81. The molecule has 0 atom stereocenters. The van der Waals surface area contributed by atoms with Gasteiger partial charge in [-0.05, 0) is 25.2 Å². The SMILES string of the molecule is C=CC(=O)OCC1(CCCCCC(C)C)CCCCCCCC1. The van der Waals surface area contributed by atoms with Crippen LogP contribution in [0.4, 0.5) is 0 Å². The van der Waals surface area contributed by atoms with Gasteiger partial charge in [0.05, 0.1) is 6.61 Å². The predicted octanol–water partition coefficient (Wildman–Crippen LogP) is 6.44. The van der Waals surface area contributed by atoms with Crippen molar-refractivity contribution in [1.82, 2.24) is 0 Å². The van der Waals surface area contributed by atoms with E-state index in [9.17, 15) is 4.79 Å². The summed E-state index contributed by atoms with van der Waals surface area (Å²) in [4.78, 5) is 11.5. The van der Waals surface area contributed by atoms with Crippen LogP contribution in [0.15, 0.2) is 12.7 Å². The topological polar surface area (TPSA) is 26.3 Å². The zero-order valence-corrected chi connectivity index (χ0v) is 15.6. The van der Waals surface area contributed by atoms with Gasteiger partial charge in [-0.3, -0.25) is 0 Å². The highest BCUT2D eigenvalue weighted by atomic mass is 16.5. The Labute approximate surface area is 144 Å². The second-order valence-electron chi connectivity index (χ2n) is 7.93. The Hall–Kier alpha value is -0.790. The maximum Gasteiger partial charge on any atom is 0.330 e. The minimum Gasteiger partial charge on any atom is -0.462 e. The van der Waals surface area contributed by atoms with Gasteiger partial charge in [0.2, 0.25) is 0 Å². The first-order valence-electron chi connectivity index (χ1n) is 9.87. The van der Waals surface area contributed by atoms with Crippen LogP contribution in [0.3, 0.4) is 0 Å². The van der Waals surface area contributed by atoms with E-state index in [4.69, 9.17) is 4.74 Å². The molecule has 0 radical (unpaired) electrons. The fraction of sp³-hybridized carbons (Fsp3) is 0.857. The van der Waals surface area contributed by atoms with Gasteiger partial charge < -0.3 is 4.74 Å². The van der Waals surface area contributed by atoms with Crippen LogP contribution in [0.5, 0.6) is 0 Å². The second-order valence-corrected chi connectivity index (χ2v) is 7.93. The lowest BCUT2D eigenvalue weighted by Crippen LogP contribution is -2.28. The van der Waals surface area contributed by atoms with Crippen molar-refractivity contribution >= 4 is 5.97 Å². The van der Waals surface area contributed by atoms with Crippen molar-refractivity contribution < 1.29 is 9.53 Å². The normalized spacial score (nSPS) is 18.7. The van der Waals surface area contributed by atoms with E-state index >= 15 is 0 Å². The number of hydrogen-bond acceptors (Lipinski definition) is 2. The van der Waals surface area contributed by atoms with E-state index in [-0.39, 0.29) is 11.4 Å². The molecule has 0 unspecified atom stereocenters. The molecule has 2 heteroatoms. The van der Waals surface area contributed by atoms with Crippen LogP contribution in [-0.2, 0) is 9.53 Å². The molecule has 0 aliphatic heterocycles. The third kappa shape index (κ3) is 9.17. The van der Waals surface area contributed by atoms with Gasteiger partial charge in [0.15, 0.2) is 0 Å². The summed E-state index contributed by atoms with van der Waals surface area (Å²) >= 11 is 0. The molecule has 1 saturated carbocycles. The van der Waals surface area contributed by atoms with Gasteiger partial charge in [-0.1, -0.05) is 84.6 Å². The molecule has 0 aromatic rings. The van der Waals surface area contributed by atoms with Crippen LogP contribution >= 0.6 is 0 Å². The van der Waals surface area contributed by atoms with Crippen molar-refractivity contribution in [2.75, 3.05) is 6.61 Å². The van der Waals surface area contributed by atoms with Crippen LogP contribution in [0.2, 0.25) is 0 Å². The van der Waals surface area contributed by atoms with Crippen molar-refractivity contribution in [2.45, 2.75) is 97.3 Å². The van der Waals surface area contributed by atoms with E-state index in [1.54, 1.807) is 0 Å². The first-order chi connectivity index (χ1) is 11.1. The lowest BCUT2D eigenvalue weighted by molar-refractivity contribution is -0.142. The molecule has 2 nitrogen and oxygen atoms in total. The summed E-state index contributed by atoms with van der Waals surface area (Å²) in [7, 11) is 0. The highest BCUT2D eigenvalue weighted by Gasteiger charge is 2.30. The Balaban J connectivity index is 2.53. The third-order valence-electron chi connectivity index (χ3n) is 5.34. The second kappa shape index (κ2) is 11.7. The van der Waals surface area contributed by atoms with Gasteiger partial charge >= 0.3 is 5.97 Å². The van der Waals surface area contributed by atoms with E-state index in [0.717, 1.165) is 5.92 Å². The van der Waals surface area contributed by atoms with E-state index in [0.29, 0.717) is 6.61 Å². The van der Waals surface area contributed by atoms with Crippen molar-refractivity contribution in [2.24, 2.45) is 11.3 Å². The van der Waals surface area contributed by atoms with Crippen molar-refractivity contribution in [3.8, 4) is 0 Å². The summed E-state index contributed by atoms with van der Waals surface area (Å²) in [5, 5.41) is 0. The van der Waals surface area contributed by atoms with Gasteiger partial charge in [-0.2, -0.15) is 0 Å². The molecular weight excluding hydrogens is 284 g/mol. The van der Waals surface area contributed by atoms with Crippen LogP contribution < -0.4 is 0 Å². The van der Waals surface area contributed by atoms with Gasteiger partial charge in [0.25, 0.3) is 0 Å². The van der Waals surface area contributed by atoms with E-state index < -0.39 is 0 Å². The summed E-state index contributed by atoms with van der Waals surface area (Å²) in [6.45, 7) is 8.72. The van der Waals surface area contributed by atoms with E-state index in [2.05, 4.69) is 20.4 Å². The maximum absolute atomic E-state index is 11.5. The largest absolute Gasteiger partial charge is 0.462 e. The van der Waals surface area contributed by atoms with Crippen molar-refractivity contribution in [1.29, 1.82) is 0 Å². The smallest absolute Gasteiger partial charge is 0.330 e. The number of ether oxygens (including phenoxy) is 1. The average molecular weight is 323 g/mol. The predicted molar refractivity (Wildman–Crippen MR) is 98.4 cm³/mol. The van der Waals surface area contributed by atoms with Crippen LogP contribution in [-0.4, -0.2) is 12.6 Å². The average Bonchev–Trinajstić information content (AvgIpc) is 2.65. The lowest BCUT2D eigenvalue weighted by Gasteiger charge is -2.33. The zero-order chi connectivity index (χ0) is 17.0. The number of unbranched alkanes of at least 4 members (excludes halogenated alkanes) is 2. The molecule has 0 aromatic carbocycles. The molecular formula is C21H38O2. The minimum atomic E-state index is -0.260. The molecule has 1 rings (SSSR count). The standard InChI is InChI=1S/C21H38O2/c1-4-20(22)23-18-21(17-13-9-10-14-19(2)3)15-11-7-5-6-8-12-16-21/h4,19H,1,5-18H2,2-3H3. The molecule has 0 saturated heterocycles. The molecule has 0 N–H and O–H groups in total. The number of rotatable bonds is 9. The number of carbonyl (C=O) groups is 1. The summed E-state index contributed by atoms with van der Waals surface area (Å²) in [5.74, 6) is 0.548. The first-order valence-corrected chi connectivity index (χ1v) is 9.87. The summed E-state index contributed by atoms with van der Waals surface area (Å²) in [6.07, 6.45) is 18.2. The number of carbonyl (C=O) groups excluding carboxylic acids is 1. The fourth-order valence-corrected chi connectivity index (χ4v) is 3.81. The first kappa shape index (κ1) is 20.3. The summed E-state index contributed by atoms with van der Waals surface area (Å²) in [6, 6.07) is 0. The van der Waals surface area contributed by atoms with E-state index in [1.165, 1.54) is 89.5 Å². The Morgan fingerprint density at radius 3 is 2.22 bits per heavy atom. The Bertz CT molecular complexity index is 323. The monoisotopic (exact) mass is 322 g/mol. The van der Waals surface area contributed by atoms with Gasteiger partial charge in [0.1, 0.15) is 0 Å². The van der Waals surface area contributed by atoms with Crippen LogP contribution in [0.1, 0.15) is 97.3 Å². The molecule has 0 aromatic heterocycles. The fourth-order valence-electron chi connectivity index (χ4n) is 3.81. The molecule has 134 valence electrons. The van der Waals surface area contributed by atoms with Gasteiger partial charge in [-0.15, -0.1) is 0 Å². The molecule has 23 heavy (non-hydrogen) atoms.